The molecule has 3 aromatic rings. The van der Waals surface area contributed by atoms with E-state index in [2.05, 4.69) is 15.3 Å². The molecule has 0 radical (unpaired) electrons. The highest BCUT2D eigenvalue weighted by Crippen LogP contribution is 2.39. The van der Waals surface area contributed by atoms with Crippen molar-refractivity contribution in [3.8, 4) is 0 Å². The number of aromatic nitrogens is 3. The predicted octanol–water partition coefficient (Wildman–Crippen LogP) is 2.49. The summed E-state index contributed by atoms with van der Waals surface area (Å²) < 4.78 is 42.5. The average Bonchev–Trinajstić information content (AvgIpc) is 3.10. The van der Waals surface area contributed by atoms with Crippen molar-refractivity contribution >= 4 is 28.8 Å². The highest BCUT2D eigenvalue weighted by atomic mass is 19.4. The first-order chi connectivity index (χ1) is 12.7. The van der Waals surface area contributed by atoms with Crippen LogP contribution in [0.4, 0.5) is 19.1 Å². The maximum absolute atomic E-state index is 13.9. The van der Waals surface area contributed by atoms with E-state index in [1.165, 1.54) is 18.2 Å². The van der Waals surface area contributed by atoms with E-state index in [0.717, 1.165) is 10.8 Å². The number of pyridine rings is 1. The van der Waals surface area contributed by atoms with Crippen LogP contribution in [0, 0.1) is 6.92 Å². The molecule has 0 saturated heterocycles. The van der Waals surface area contributed by atoms with E-state index in [0.29, 0.717) is 11.2 Å². The number of halogens is 3. The van der Waals surface area contributed by atoms with Crippen LogP contribution in [0.3, 0.4) is 0 Å². The van der Waals surface area contributed by atoms with Gasteiger partial charge in [0.15, 0.2) is 0 Å². The van der Waals surface area contributed by atoms with Crippen LogP contribution in [0.25, 0.3) is 11.0 Å². The molecule has 1 amide bonds. The Morgan fingerprint density at radius 3 is 2.63 bits per heavy atom. The van der Waals surface area contributed by atoms with Gasteiger partial charge >= 0.3 is 6.18 Å². The molecule has 7 nitrogen and oxygen atoms in total. The van der Waals surface area contributed by atoms with Crippen LogP contribution < -0.4 is 10.6 Å². The SMILES string of the molecule is Cc1ccc(C(=O)NC2(C(F)(F)F)Nc3nc4ccccc4n3C2=O)cn1. The first-order valence-electron chi connectivity index (χ1n) is 7.85. The average molecular weight is 375 g/mol. The molecule has 2 aromatic heterocycles. The van der Waals surface area contributed by atoms with E-state index < -0.39 is 23.7 Å². The fraction of sp³-hybridized carbons (Fsp3) is 0.176. The van der Waals surface area contributed by atoms with E-state index >= 15 is 0 Å². The van der Waals surface area contributed by atoms with Crippen molar-refractivity contribution in [2.75, 3.05) is 5.32 Å². The number of hydrogen-bond donors (Lipinski definition) is 2. The van der Waals surface area contributed by atoms with E-state index in [-0.39, 0.29) is 17.0 Å². The number of rotatable bonds is 2. The van der Waals surface area contributed by atoms with Gasteiger partial charge in [0.2, 0.25) is 5.95 Å². The fourth-order valence-electron chi connectivity index (χ4n) is 2.90. The van der Waals surface area contributed by atoms with Crippen LogP contribution in [0.15, 0.2) is 42.6 Å². The summed E-state index contributed by atoms with van der Waals surface area (Å²) in [5.41, 5.74) is -2.26. The second kappa shape index (κ2) is 5.53. The summed E-state index contributed by atoms with van der Waals surface area (Å²) in [5.74, 6) is -2.76. The number of hydrogen-bond acceptors (Lipinski definition) is 5. The van der Waals surface area contributed by atoms with Crippen molar-refractivity contribution in [3.05, 3.63) is 53.9 Å². The molecule has 1 unspecified atom stereocenters. The molecular weight excluding hydrogens is 363 g/mol. The summed E-state index contributed by atoms with van der Waals surface area (Å²) in [6.07, 6.45) is -3.97. The normalized spacial score (nSPS) is 19.0. The Morgan fingerprint density at radius 1 is 1.22 bits per heavy atom. The van der Waals surface area contributed by atoms with Gasteiger partial charge in [0.05, 0.1) is 16.6 Å². The highest BCUT2D eigenvalue weighted by molar-refractivity contribution is 6.08. The zero-order valence-corrected chi connectivity index (χ0v) is 13.8. The molecule has 2 N–H and O–H groups in total. The van der Waals surface area contributed by atoms with Crippen molar-refractivity contribution in [1.82, 2.24) is 19.9 Å². The molecule has 1 aliphatic rings. The molecule has 1 atom stereocenters. The Hall–Kier alpha value is -3.43. The van der Waals surface area contributed by atoms with Gasteiger partial charge in [0.1, 0.15) is 0 Å². The zero-order chi connectivity index (χ0) is 19.4. The number of nitrogens with zero attached hydrogens (tertiary/aromatic N) is 3. The maximum atomic E-state index is 13.9. The Bertz CT molecular complexity index is 1070. The van der Waals surface area contributed by atoms with Gasteiger partial charge < -0.3 is 10.6 Å². The van der Waals surface area contributed by atoms with Crippen molar-refractivity contribution in [2.24, 2.45) is 0 Å². The van der Waals surface area contributed by atoms with Crippen LogP contribution in [-0.4, -0.2) is 38.2 Å². The predicted molar refractivity (Wildman–Crippen MR) is 89.2 cm³/mol. The molecule has 0 saturated carbocycles. The minimum atomic E-state index is -5.11. The number of carbonyl (C=O) groups excluding carboxylic acids is 2. The Morgan fingerprint density at radius 2 is 1.96 bits per heavy atom. The summed E-state index contributed by atoms with van der Waals surface area (Å²) >= 11 is 0. The molecule has 0 spiro atoms. The minimum Gasteiger partial charge on any atom is -0.317 e. The molecule has 27 heavy (non-hydrogen) atoms. The van der Waals surface area contributed by atoms with Crippen LogP contribution in [0.2, 0.25) is 0 Å². The van der Waals surface area contributed by atoms with Gasteiger partial charge in [-0.1, -0.05) is 12.1 Å². The largest absolute Gasteiger partial charge is 0.440 e. The molecular formula is C17H12F3N5O2. The zero-order valence-electron chi connectivity index (χ0n) is 13.8. The highest BCUT2D eigenvalue weighted by Gasteiger charge is 2.66. The number of amides is 1. The summed E-state index contributed by atoms with van der Waals surface area (Å²) in [6, 6.07) is 9.09. The number of aryl methyl sites for hydroxylation is 1. The monoisotopic (exact) mass is 375 g/mol. The van der Waals surface area contributed by atoms with Gasteiger partial charge in [-0.15, -0.1) is 0 Å². The smallest absolute Gasteiger partial charge is 0.317 e. The van der Waals surface area contributed by atoms with Gasteiger partial charge in [0, 0.05) is 11.9 Å². The number of anilines is 1. The maximum Gasteiger partial charge on any atom is 0.440 e. The van der Waals surface area contributed by atoms with E-state index in [1.54, 1.807) is 30.4 Å². The topological polar surface area (TPSA) is 88.9 Å². The number of imidazole rings is 1. The Kier molecular flexibility index (Phi) is 3.48. The van der Waals surface area contributed by atoms with Gasteiger partial charge in [-0.25, -0.2) is 9.55 Å². The number of fused-ring (bicyclic) bond motifs is 3. The Labute approximate surface area is 150 Å². The number of alkyl halides is 3. The van der Waals surface area contributed by atoms with Crippen LogP contribution in [0.1, 0.15) is 20.8 Å². The third kappa shape index (κ3) is 2.44. The third-order valence-electron chi connectivity index (χ3n) is 4.28. The van der Waals surface area contributed by atoms with E-state index in [4.69, 9.17) is 0 Å². The molecule has 0 aliphatic carbocycles. The lowest BCUT2D eigenvalue weighted by Crippen LogP contribution is -2.67. The first kappa shape index (κ1) is 17.0. The standard InChI is InChI=1S/C17H12F3N5O2/c1-9-6-7-10(8-21-9)13(26)23-16(17(18,19)20)14(27)25-12-5-3-2-4-11(12)22-15(25)24-16/h2-8H,1H3,(H,22,24)(H,23,26). The van der Waals surface area contributed by atoms with Crippen LogP contribution in [-0.2, 0) is 0 Å². The van der Waals surface area contributed by atoms with Gasteiger partial charge in [-0.3, -0.25) is 14.6 Å². The fourth-order valence-corrected chi connectivity index (χ4v) is 2.90. The number of benzene rings is 1. The second-order valence-electron chi connectivity index (χ2n) is 6.08. The lowest BCUT2D eigenvalue weighted by atomic mass is 10.1. The molecule has 10 heteroatoms. The van der Waals surface area contributed by atoms with Crippen molar-refractivity contribution in [3.63, 3.8) is 0 Å². The number of carbonyl (C=O) groups is 2. The molecule has 0 bridgehead atoms. The van der Waals surface area contributed by atoms with Crippen molar-refractivity contribution in [1.29, 1.82) is 0 Å². The third-order valence-corrected chi connectivity index (χ3v) is 4.28. The van der Waals surface area contributed by atoms with Crippen LogP contribution >= 0.6 is 0 Å². The summed E-state index contributed by atoms with van der Waals surface area (Å²) in [4.78, 5) is 33.0. The second-order valence-corrected chi connectivity index (χ2v) is 6.08. The number of nitrogens with one attached hydrogen (secondary N) is 2. The minimum absolute atomic E-state index is 0.103. The lowest BCUT2D eigenvalue weighted by Gasteiger charge is -2.30. The Balaban J connectivity index is 1.77. The first-order valence-corrected chi connectivity index (χ1v) is 7.85. The quantitative estimate of drug-likeness (QED) is 0.719. The van der Waals surface area contributed by atoms with Gasteiger partial charge in [-0.2, -0.15) is 13.2 Å². The molecule has 4 rings (SSSR count). The molecule has 0 fully saturated rings. The summed E-state index contributed by atoms with van der Waals surface area (Å²) in [7, 11) is 0. The molecule has 1 aliphatic heterocycles. The van der Waals surface area contributed by atoms with E-state index in [1.807, 2.05) is 0 Å². The van der Waals surface area contributed by atoms with Gasteiger partial charge in [0.25, 0.3) is 17.5 Å². The molecule has 1 aromatic carbocycles. The number of para-hydroxylation sites is 2. The van der Waals surface area contributed by atoms with E-state index in [9.17, 15) is 22.8 Å². The van der Waals surface area contributed by atoms with Crippen molar-refractivity contribution < 1.29 is 22.8 Å². The van der Waals surface area contributed by atoms with Gasteiger partial charge in [-0.05, 0) is 31.2 Å². The van der Waals surface area contributed by atoms with Crippen molar-refractivity contribution in [2.45, 2.75) is 18.8 Å². The molecule has 138 valence electrons. The lowest BCUT2D eigenvalue weighted by molar-refractivity contribution is -0.169. The molecule has 3 heterocycles. The summed E-state index contributed by atoms with van der Waals surface area (Å²) in [5, 5.41) is 3.85. The summed E-state index contributed by atoms with van der Waals surface area (Å²) in [6.45, 7) is 1.67. The van der Waals surface area contributed by atoms with Crippen LogP contribution in [0.5, 0.6) is 0 Å².